The van der Waals surface area contributed by atoms with Gasteiger partial charge in [-0.3, -0.25) is 0 Å². The summed E-state index contributed by atoms with van der Waals surface area (Å²) in [5.74, 6) is 0.436. The summed E-state index contributed by atoms with van der Waals surface area (Å²) < 4.78 is 20.6. The van der Waals surface area contributed by atoms with Gasteiger partial charge in [-0.05, 0) is 43.9 Å². The Hall–Kier alpha value is -3.37. The normalized spacial score (nSPS) is 22.8. The number of hydrogen-bond acceptors (Lipinski definition) is 6. The van der Waals surface area contributed by atoms with Crippen LogP contribution in [0.3, 0.4) is 0 Å². The summed E-state index contributed by atoms with van der Waals surface area (Å²) in [6, 6.07) is 18.1. The van der Waals surface area contributed by atoms with E-state index in [1.807, 2.05) is 36.4 Å². The van der Waals surface area contributed by atoms with Crippen molar-refractivity contribution in [1.82, 2.24) is 10.3 Å². The van der Waals surface area contributed by atoms with Gasteiger partial charge in [0, 0.05) is 36.8 Å². The smallest absolute Gasteiger partial charge is 0.295 e. The first kappa shape index (κ1) is 22.4. The van der Waals surface area contributed by atoms with E-state index in [2.05, 4.69) is 20.5 Å². The average Bonchev–Trinajstić information content (AvgIpc) is 3.34. The van der Waals surface area contributed by atoms with Crippen molar-refractivity contribution >= 4 is 11.7 Å². The van der Waals surface area contributed by atoms with E-state index < -0.39 is 0 Å². The summed E-state index contributed by atoms with van der Waals surface area (Å²) >= 11 is 0. The molecule has 1 unspecified atom stereocenters. The number of anilines is 2. The van der Waals surface area contributed by atoms with Gasteiger partial charge in [-0.1, -0.05) is 43.2 Å². The molecule has 34 heavy (non-hydrogen) atoms. The maximum Gasteiger partial charge on any atom is 0.295 e. The van der Waals surface area contributed by atoms with E-state index in [4.69, 9.17) is 9.68 Å². The molecule has 6 nitrogen and oxygen atoms in total. The third-order valence-corrected chi connectivity index (χ3v) is 6.93. The first-order valence-corrected chi connectivity index (χ1v) is 12.2. The fourth-order valence-corrected chi connectivity index (χ4v) is 5.21. The minimum atomic E-state index is -0.324. The van der Waals surface area contributed by atoms with Gasteiger partial charge in [0.15, 0.2) is 5.76 Å². The van der Waals surface area contributed by atoms with E-state index in [0.29, 0.717) is 23.3 Å². The Balaban J connectivity index is 1.23. The van der Waals surface area contributed by atoms with Crippen molar-refractivity contribution in [3.63, 3.8) is 0 Å². The Bertz CT molecular complexity index is 1140. The molecule has 176 valence electrons. The predicted octanol–water partition coefficient (Wildman–Crippen LogP) is 5.33. The molecule has 2 heterocycles. The van der Waals surface area contributed by atoms with E-state index in [1.54, 1.807) is 18.3 Å². The summed E-state index contributed by atoms with van der Waals surface area (Å²) in [7, 11) is 0. The summed E-state index contributed by atoms with van der Waals surface area (Å²) in [5, 5.41) is 16.4. The zero-order valence-corrected chi connectivity index (χ0v) is 19.2. The molecule has 0 spiro atoms. The van der Waals surface area contributed by atoms with Gasteiger partial charge in [0.1, 0.15) is 5.82 Å². The molecule has 3 atom stereocenters. The number of rotatable bonds is 6. The van der Waals surface area contributed by atoms with Gasteiger partial charge < -0.3 is 20.0 Å². The summed E-state index contributed by atoms with van der Waals surface area (Å²) in [5.41, 5.74) is 1.95. The second kappa shape index (κ2) is 10.3. The van der Waals surface area contributed by atoms with Crippen molar-refractivity contribution in [2.24, 2.45) is 0 Å². The third-order valence-electron chi connectivity index (χ3n) is 6.93. The highest BCUT2D eigenvalue weighted by Gasteiger charge is 2.30. The lowest BCUT2D eigenvalue weighted by Gasteiger charge is -2.40. The second-order valence-corrected chi connectivity index (χ2v) is 9.27. The zero-order chi connectivity index (χ0) is 23.3. The number of halogens is 1. The minimum Gasteiger partial charge on any atom is -0.424 e. The van der Waals surface area contributed by atoms with Crippen LogP contribution in [0.25, 0.3) is 11.3 Å². The van der Waals surface area contributed by atoms with Crippen LogP contribution in [-0.2, 0) is 0 Å². The number of nitrogens with one attached hydrogen (secondary N) is 2. The van der Waals surface area contributed by atoms with Gasteiger partial charge in [-0.25, -0.2) is 9.37 Å². The lowest BCUT2D eigenvalue weighted by Crippen LogP contribution is -2.55. The number of nitriles is 1. The molecule has 2 aliphatic rings. The highest BCUT2D eigenvalue weighted by atomic mass is 19.1. The second-order valence-electron chi connectivity index (χ2n) is 9.27. The van der Waals surface area contributed by atoms with Gasteiger partial charge >= 0.3 is 0 Å². The summed E-state index contributed by atoms with van der Waals surface area (Å²) in [4.78, 5) is 6.57. The molecule has 1 aliphatic heterocycles. The van der Waals surface area contributed by atoms with E-state index in [0.717, 1.165) is 50.1 Å². The number of oxazole rings is 1. The average molecular weight is 460 g/mol. The molecule has 0 bridgehead atoms. The van der Waals surface area contributed by atoms with Crippen LogP contribution >= 0.6 is 0 Å². The molecule has 2 N–H and O–H groups in total. The third kappa shape index (κ3) is 5.07. The number of piperidine rings is 1. The molecule has 0 amide bonds. The molecule has 2 aromatic carbocycles. The molecule has 2 fully saturated rings. The van der Waals surface area contributed by atoms with E-state index in [9.17, 15) is 4.39 Å². The van der Waals surface area contributed by atoms with Gasteiger partial charge in [0.25, 0.3) is 6.01 Å². The Kier molecular flexibility index (Phi) is 6.77. The van der Waals surface area contributed by atoms with Crippen LogP contribution in [0.2, 0.25) is 0 Å². The maximum absolute atomic E-state index is 14.6. The Morgan fingerprint density at radius 3 is 2.65 bits per heavy atom. The van der Waals surface area contributed by atoms with Crippen LogP contribution in [0.15, 0.2) is 59.1 Å². The van der Waals surface area contributed by atoms with Crippen molar-refractivity contribution < 1.29 is 8.81 Å². The fourth-order valence-electron chi connectivity index (χ4n) is 5.21. The Morgan fingerprint density at radius 2 is 1.85 bits per heavy atom. The lowest BCUT2D eigenvalue weighted by molar-refractivity contribution is 0.290. The molecule has 1 aromatic heterocycles. The summed E-state index contributed by atoms with van der Waals surface area (Å²) in [6.45, 7) is 1.58. The SMILES string of the molecule is N#Cc1ccc(N2CCCC(N[C@@H]3CCCC[C@H]3Nc3ncc(-c4ccccc4)o3)C2)c(F)c1. The first-order chi connectivity index (χ1) is 16.7. The van der Waals surface area contributed by atoms with Crippen LogP contribution in [0, 0.1) is 17.1 Å². The monoisotopic (exact) mass is 459 g/mol. The molecule has 7 heteroatoms. The number of benzene rings is 2. The minimum absolute atomic E-state index is 0.234. The van der Waals surface area contributed by atoms with Crippen molar-refractivity contribution in [3.05, 3.63) is 66.1 Å². The van der Waals surface area contributed by atoms with Gasteiger partial charge in [0.2, 0.25) is 0 Å². The van der Waals surface area contributed by atoms with E-state index in [1.165, 1.54) is 18.9 Å². The molecule has 1 saturated heterocycles. The molecule has 1 aliphatic carbocycles. The quantitative estimate of drug-likeness (QED) is 0.519. The van der Waals surface area contributed by atoms with Crippen LogP contribution in [0.1, 0.15) is 44.1 Å². The van der Waals surface area contributed by atoms with Crippen LogP contribution < -0.4 is 15.5 Å². The van der Waals surface area contributed by atoms with Crippen molar-refractivity contribution in [2.45, 2.75) is 56.7 Å². The molecular formula is C27H30FN5O. The lowest BCUT2D eigenvalue weighted by atomic mass is 9.89. The van der Waals surface area contributed by atoms with E-state index in [-0.39, 0.29) is 17.9 Å². The Morgan fingerprint density at radius 1 is 1.03 bits per heavy atom. The zero-order valence-electron chi connectivity index (χ0n) is 19.2. The predicted molar refractivity (Wildman–Crippen MR) is 131 cm³/mol. The molecular weight excluding hydrogens is 429 g/mol. The first-order valence-electron chi connectivity index (χ1n) is 12.2. The molecule has 3 aromatic rings. The van der Waals surface area contributed by atoms with Crippen LogP contribution in [-0.4, -0.2) is 36.2 Å². The van der Waals surface area contributed by atoms with Gasteiger partial charge in [-0.15, -0.1) is 0 Å². The van der Waals surface area contributed by atoms with Crippen molar-refractivity contribution in [3.8, 4) is 17.4 Å². The molecule has 1 saturated carbocycles. The summed E-state index contributed by atoms with van der Waals surface area (Å²) in [6.07, 6.45) is 8.35. The highest BCUT2D eigenvalue weighted by molar-refractivity contribution is 5.57. The van der Waals surface area contributed by atoms with Crippen LogP contribution in [0.5, 0.6) is 0 Å². The number of hydrogen-bond donors (Lipinski definition) is 2. The van der Waals surface area contributed by atoms with Crippen molar-refractivity contribution in [2.75, 3.05) is 23.3 Å². The fraction of sp³-hybridized carbons (Fsp3) is 0.407. The number of nitrogens with zero attached hydrogens (tertiary/aromatic N) is 3. The largest absolute Gasteiger partial charge is 0.424 e. The van der Waals surface area contributed by atoms with E-state index >= 15 is 0 Å². The number of aromatic nitrogens is 1. The van der Waals surface area contributed by atoms with Gasteiger partial charge in [0.05, 0.1) is 23.5 Å². The maximum atomic E-state index is 14.6. The Labute approximate surface area is 199 Å². The molecule has 0 radical (unpaired) electrons. The van der Waals surface area contributed by atoms with Crippen molar-refractivity contribution in [1.29, 1.82) is 5.26 Å². The topological polar surface area (TPSA) is 77.1 Å². The van der Waals surface area contributed by atoms with Gasteiger partial charge in [-0.2, -0.15) is 5.26 Å². The standard InChI is InChI=1S/C27H30FN5O/c28-22-15-19(16-29)12-13-25(22)33-14-6-9-21(18-33)31-23-10-4-5-11-24(23)32-27-30-17-26(34-27)20-7-2-1-3-8-20/h1-3,7-8,12-13,15,17,21,23-24,31H,4-6,9-11,14,18H2,(H,30,32)/t21?,23-,24-/m1/s1. The highest BCUT2D eigenvalue weighted by Crippen LogP contribution is 2.28. The molecule has 5 rings (SSSR count). The van der Waals surface area contributed by atoms with Crippen LogP contribution in [0.4, 0.5) is 16.1 Å².